The summed E-state index contributed by atoms with van der Waals surface area (Å²) >= 11 is 0.977. The molecule has 0 radical (unpaired) electrons. The predicted octanol–water partition coefficient (Wildman–Crippen LogP) is 4.66. The first kappa shape index (κ1) is 29.9. The van der Waals surface area contributed by atoms with Gasteiger partial charge < -0.3 is 19.7 Å². The van der Waals surface area contributed by atoms with E-state index in [1.54, 1.807) is 50.8 Å². The van der Waals surface area contributed by atoms with Crippen LogP contribution in [0.3, 0.4) is 0 Å². The number of nitrogens with one attached hydrogen (secondary N) is 1. The second-order valence-electron chi connectivity index (χ2n) is 11.1. The fourth-order valence-corrected chi connectivity index (χ4v) is 5.32. The van der Waals surface area contributed by atoms with E-state index >= 15 is 4.39 Å². The number of carbonyl (C=O) groups excluding carboxylic acids is 2. The highest BCUT2D eigenvalue weighted by Gasteiger charge is 2.41. The van der Waals surface area contributed by atoms with Crippen LogP contribution in [-0.2, 0) is 11.3 Å². The van der Waals surface area contributed by atoms with Crippen molar-refractivity contribution in [2.75, 3.05) is 6.54 Å². The minimum Gasteiger partial charge on any atom is -0.444 e. The van der Waals surface area contributed by atoms with E-state index < -0.39 is 29.0 Å². The van der Waals surface area contributed by atoms with Gasteiger partial charge in [0.15, 0.2) is 16.6 Å². The molecule has 1 aliphatic heterocycles. The van der Waals surface area contributed by atoms with E-state index in [1.807, 2.05) is 6.92 Å². The number of carbonyl (C=O) groups is 2. The van der Waals surface area contributed by atoms with Crippen molar-refractivity contribution in [1.82, 2.24) is 29.5 Å². The Kier molecular flexibility index (Phi) is 8.06. The Morgan fingerprint density at radius 1 is 1.14 bits per heavy atom. The van der Waals surface area contributed by atoms with Gasteiger partial charge in [0, 0.05) is 18.2 Å². The van der Waals surface area contributed by atoms with Crippen LogP contribution in [0.25, 0.3) is 5.69 Å². The van der Waals surface area contributed by atoms with Gasteiger partial charge in [0.1, 0.15) is 17.7 Å². The Labute approximate surface area is 249 Å². The number of alkyl carbamates (subject to hydrolysis) is 1. The largest absolute Gasteiger partial charge is 0.444 e. The summed E-state index contributed by atoms with van der Waals surface area (Å²) in [5.74, 6) is -1.68. The van der Waals surface area contributed by atoms with Gasteiger partial charge in [-0.3, -0.25) is 9.36 Å². The molecule has 226 valence electrons. The summed E-state index contributed by atoms with van der Waals surface area (Å²) in [4.78, 5) is 43.9. The molecule has 11 nitrogen and oxygen atoms in total. The molecule has 0 unspecified atom stereocenters. The lowest BCUT2D eigenvalue weighted by Crippen LogP contribution is -2.67. The highest BCUT2D eigenvalue weighted by atomic mass is 32.1. The lowest BCUT2D eigenvalue weighted by atomic mass is 9.98. The van der Waals surface area contributed by atoms with Gasteiger partial charge in [0.25, 0.3) is 5.91 Å². The number of hydrogen-bond acceptors (Lipinski definition) is 8. The Morgan fingerprint density at radius 2 is 1.88 bits per heavy atom. The van der Waals surface area contributed by atoms with Crippen LogP contribution in [0, 0.1) is 18.6 Å². The zero-order valence-corrected chi connectivity index (χ0v) is 24.9. The van der Waals surface area contributed by atoms with Crippen molar-refractivity contribution < 1.29 is 27.8 Å². The second-order valence-corrected chi connectivity index (χ2v) is 12.1. The molecule has 5 rings (SSSR count). The van der Waals surface area contributed by atoms with E-state index in [0.29, 0.717) is 17.8 Å². The third-order valence-corrected chi connectivity index (χ3v) is 7.79. The highest BCUT2D eigenvalue weighted by Crippen LogP contribution is 2.35. The maximum atomic E-state index is 15.1. The lowest BCUT2D eigenvalue weighted by Gasteiger charge is -2.46. The minimum atomic E-state index is -0.763. The summed E-state index contributed by atoms with van der Waals surface area (Å²) in [7, 11) is 0. The first-order valence-electron chi connectivity index (χ1n) is 13.4. The number of benzene rings is 2. The monoisotopic (exact) mass is 612 g/mol. The zero-order valence-electron chi connectivity index (χ0n) is 24.1. The second kappa shape index (κ2) is 11.6. The smallest absolute Gasteiger partial charge is 0.408 e. The summed E-state index contributed by atoms with van der Waals surface area (Å²) < 4.78 is 42.4. The molecule has 2 aromatic carbocycles. The van der Waals surface area contributed by atoms with Crippen molar-refractivity contribution in [3.05, 3.63) is 87.2 Å². The summed E-state index contributed by atoms with van der Waals surface area (Å²) in [6.45, 7) is 9.02. The topological polar surface area (TPSA) is 121 Å². The van der Waals surface area contributed by atoms with Crippen molar-refractivity contribution in [1.29, 1.82) is 0 Å². The molecule has 1 aliphatic rings. The summed E-state index contributed by atoms with van der Waals surface area (Å²) in [6, 6.07) is 9.45. The standard InChI is InChI=1S/C29H30F2N6O5S/c1-16-26(43-24(33-16)25(38)36-14-22(17(36)2)34-27(39)42-29(3,4)5)41-23-11-10-19(12-21(23)31)37-28(40)35(15-32-37)13-18-8-6-7-9-20(18)30/h6-12,15,17,22H,13-14H2,1-5H3,(H,34,39)/t17-,22-/m0/s1. The average molecular weight is 613 g/mol. The quantitative estimate of drug-likeness (QED) is 0.323. The van der Waals surface area contributed by atoms with E-state index in [-0.39, 0.29) is 46.0 Å². The van der Waals surface area contributed by atoms with Crippen molar-refractivity contribution in [2.24, 2.45) is 0 Å². The molecule has 0 aliphatic carbocycles. The van der Waals surface area contributed by atoms with Crippen molar-refractivity contribution in [2.45, 2.75) is 58.8 Å². The molecule has 4 aromatic rings. The summed E-state index contributed by atoms with van der Waals surface area (Å²) in [5.41, 5.74) is -0.331. The molecule has 1 fully saturated rings. The van der Waals surface area contributed by atoms with Crippen molar-refractivity contribution >= 4 is 23.3 Å². The first-order valence-corrected chi connectivity index (χ1v) is 14.3. The molecule has 2 atom stereocenters. The molecule has 1 saturated heterocycles. The number of likely N-dealkylation sites (tertiary alicyclic amines) is 1. The van der Waals surface area contributed by atoms with E-state index in [2.05, 4.69) is 15.4 Å². The van der Waals surface area contributed by atoms with Crippen LogP contribution in [0.2, 0.25) is 0 Å². The molecule has 0 saturated carbocycles. The Morgan fingerprint density at radius 3 is 2.56 bits per heavy atom. The minimum absolute atomic E-state index is 0.0298. The third-order valence-electron chi connectivity index (χ3n) is 6.76. The van der Waals surface area contributed by atoms with Gasteiger partial charge in [0.05, 0.1) is 30.0 Å². The van der Waals surface area contributed by atoms with Crippen molar-refractivity contribution in [3.63, 3.8) is 0 Å². The predicted molar refractivity (Wildman–Crippen MR) is 154 cm³/mol. The van der Waals surface area contributed by atoms with Crippen LogP contribution in [-0.4, -0.2) is 60.5 Å². The lowest BCUT2D eigenvalue weighted by molar-refractivity contribution is 0.0197. The molecule has 3 heterocycles. The number of aryl methyl sites for hydroxylation is 1. The van der Waals surface area contributed by atoms with Gasteiger partial charge in [-0.15, -0.1) is 0 Å². The first-order chi connectivity index (χ1) is 20.3. The molecule has 14 heteroatoms. The molecule has 0 bridgehead atoms. The van der Waals surface area contributed by atoms with Crippen LogP contribution in [0.1, 0.15) is 48.8 Å². The van der Waals surface area contributed by atoms with Crippen LogP contribution >= 0.6 is 11.3 Å². The van der Waals surface area contributed by atoms with Crippen LogP contribution in [0.4, 0.5) is 13.6 Å². The van der Waals surface area contributed by atoms with Gasteiger partial charge in [-0.05, 0) is 52.8 Å². The van der Waals surface area contributed by atoms with Gasteiger partial charge in [-0.2, -0.15) is 9.78 Å². The maximum Gasteiger partial charge on any atom is 0.408 e. The van der Waals surface area contributed by atoms with Crippen LogP contribution in [0.15, 0.2) is 53.6 Å². The van der Waals surface area contributed by atoms with Gasteiger partial charge in [-0.25, -0.2) is 23.4 Å². The molecule has 1 N–H and O–H groups in total. The molecule has 2 amide bonds. The fourth-order valence-electron chi connectivity index (χ4n) is 4.43. The third kappa shape index (κ3) is 6.43. The Balaban J connectivity index is 1.24. The van der Waals surface area contributed by atoms with E-state index in [1.165, 1.54) is 29.1 Å². The SMILES string of the molecule is Cc1nc(C(=O)N2C[C@H](NC(=O)OC(C)(C)C)[C@@H]2C)sc1Oc1ccc(-n2ncn(Cc3ccccc3F)c2=O)cc1F. The fraction of sp³-hybridized carbons (Fsp3) is 0.345. The van der Waals surface area contributed by atoms with E-state index in [9.17, 15) is 18.8 Å². The Bertz CT molecular complexity index is 1740. The normalized spacial score (nSPS) is 16.5. The van der Waals surface area contributed by atoms with Gasteiger partial charge in [-0.1, -0.05) is 29.5 Å². The highest BCUT2D eigenvalue weighted by molar-refractivity contribution is 7.15. The molecular weight excluding hydrogens is 582 g/mol. The van der Waals surface area contributed by atoms with Gasteiger partial charge in [0.2, 0.25) is 5.06 Å². The number of thiazole rings is 1. The number of amides is 2. The van der Waals surface area contributed by atoms with E-state index in [0.717, 1.165) is 22.1 Å². The summed E-state index contributed by atoms with van der Waals surface area (Å²) in [6.07, 6.45) is 0.705. The number of nitrogens with zero attached hydrogens (tertiary/aromatic N) is 5. The maximum absolute atomic E-state index is 15.1. The molecule has 2 aromatic heterocycles. The average Bonchev–Trinajstić information content (AvgIpc) is 3.49. The van der Waals surface area contributed by atoms with Crippen LogP contribution < -0.4 is 15.7 Å². The molecular formula is C29H30F2N6O5S. The van der Waals surface area contributed by atoms with Crippen LogP contribution in [0.5, 0.6) is 10.8 Å². The number of hydrogen-bond donors (Lipinski definition) is 1. The number of rotatable bonds is 7. The number of halogens is 2. The number of aromatic nitrogens is 4. The van der Waals surface area contributed by atoms with E-state index in [4.69, 9.17) is 9.47 Å². The molecule has 0 spiro atoms. The van der Waals surface area contributed by atoms with Crippen molar-refractivity contribution in [3.8, 4) is 16.5 Å². The van der Waals surface area contributed by atoms with Gasteiger partial charge >= 0.3 is 11.8 Å². The number of ether oxygens (including phenoxy) is 2. The Hall–Kier alpha value is -4.59. The molecule has 43 heavy (non-hydrogen) atoms. The zero-order chi connectivity index (χ0) is 31.1. The summed E-state index contributed by atoms with van der Waals surface area (Å²) in [5, 5.41) is 7.20.